The molecular formula is C13H20Cl2N2O6. The number of hydrogen-bond acceptors (Lipinski definition) is 6. The van der Waals surface area contributed by atoms with E-state index in [4.69, 9.17) is 32.7 Å². The quantitative estimate of drug-likeness (QED) is 0.629. The minimum Gasteiger partial charge on any atom is -0.449 e. The zero-order chi connectivity index (χ0) is 17.9. The van der Waals surface area contributed by atoms with Crippen LogP contribution in [0.4, 0.5) is 9.59 Å². The number of hydrogen-bond donors (Lipinski definition) is 2. The zero-order valence-corrected chi connectivity index (χ0v) is 14.5. The van der Waals surface area contributed by atoms with Gasteiger partial charge < -0.3 is 9.47 Å². The monoisotopic (exact) mass is 370 g/mol. The Hall–Kier alpha value is -1.54. The van der Waals surface area contributed by atoms with E-state index in [1.165, 1.54) is 0 Å². The van der Waals surface area contributed by atoms with E-state index in [2.05, 4.69) is 0 Å². The molecule has 0 rings (SSSR count). The normalized spacial score (nSPS) is 10.6. The predicted octanol–water partition coefficient (Wildman–Crippen LogP) is 1.78. The lowest BCUT2D eigenvalue weighted by Crippen LogP contribution is -2.39. The number of nitrogens with one attached hydrogen (secondary N) is 2. The van der Waals surface area contributed by atoms with Crippen LogP contribution >= 0.6 is 23.2 Å². The van der Waals surface area contributed by atoms with E-state index >= 15 is 0 Å². The van der Waals surface area contributed by atoms with Crippen molar-refractivity contribution in [2.24, 2.45) is 5.41 Å². The maximum Gasteiger partial charge on any atom is 0.413 e. The molecule has 8 nitrogen and oxygen atoms in total. The van der Waals surface area contributed by atoms with Crippen LogP contribution in [0.5, 0.6) is 0 Å². The smallest absolute Gasteiger partial charge is 0.413 e. The van der Waals surface area contributed by atoms with Gasteiger partial charge in [0.15, 0.2) is 0 Å². The van der Waals surface area contributed by atoms with E-state index in [-0.39, 0.29) is 25.0 Å². The Kier molecular flexibility index (Phi) is 10.3. The number of rotatable bonds is 8. The molecule has 0 atom stereocenters. The lowest BCUT2D eigenvalue weighted by Gasteiger charge is -2.28. The lowest BCUT2D eigenvalue weighted by molar-refractivity contribution is -0.118. The Labute approximate surface area is 144 Å². The topological polar surface area (TPSA) is 111 Å². The van der Waals surface area contributed by atoms with Gasteiger partial charge in [0, 0.05) is 5.41 Å². The van der Waals surface area contributed by atoms with Crippen LogP contribution in [0, 0.1) is 5.41 Å². The van der Waals surface area contributed by atoms with Gasteiger partial charge in [0.1, 0.15) is 25.0 Å². The molecule has 0 saturated heterocycles. The van der Waals surface area contributed by atoms with Gasteiger partial charge in [0.25, 0.3) is 0 Å². The van der Waals surface area contributed by atoms with Gasteiger partial charge in [-0.2, -0.15) is 0 Å². The van der Waals surface area contributed by atoms with Crippen molar-refractivity contribution < 1.29 is 28.7 Å². The van der Waals surface area contributed by atoms with E-state index in [0.29, 0.717) is 6.42 Å². The fraction of sp³-hybridized carbons (Fsp3) is 0.692. The second-order valence-electron chi connectivity index (χ2n) is 5.08. The third-order valence-corrected chi connectivity index (χ3v) is 3.17. The van der Waals surface area contributed by atoms with Crippen molar-refractivity contribution in [1.82, 2.24) is 10.6 Å². The molecule has 0 aliphatic carbocycles. The molecule has 132 valence electrons. The highest BCUT2D eigenvalue weighted by molar-refractivity contribution is 6.28. The molecule has 0 aromatic heterocycles. The SMILES string of the molecule is CCCC(C)(COC(=O)NC(=O)CCl)COC(=O)NC(=O)CCl. The summed E-state index contributed by atoms with van der Waals surface area (Å²) in [7, 11) is 0. The van der Waals surface area contributed by atoms with Gasteiger partial charge in [0.05, 0.1) is 0 Å². The first-order valence-corrected chi connectivity index (χ1v) is 7.88. The molecule has 0 saturated carbocycles. The van der Waals surface area contributed by atoms with Crippen LogP contribution in [0.1, 0.15) is 26.7 Å². The molecule has 0 heterocycles. The van der Waals surface area contributed by atoms with Gasteiger partial charge in [-0.05, 0) is 6.42 Å². The largest absolute Gasteiger partial charge is 0.449 e. The summed E-state index contributed by atoms with van der Waals surface area (Å²) in [4.78, 5) is 44.7. The molecule has 4 amide bonds. The Morgan fingerprint density at radius 1 is 0.913 bits per heavy atom. The van der Waals surface area contributed by atoms with E-state index < -0.39 is 29.4 Å². The first-order valence-electron chi connectivity index (χ1n) is 6.81. The summed E-state index contributed by atoms with van der Waals surface area (Å²) in [6, 6.07) is 0. The van der Waals surface area contributed by atoms with Crippen LogP contribution < -0.4 is 10.6 Å². The third-order valence-electron chi connectivity index (χ3n) is 2.68. The van der Waals surface area contributed by atoms with Crippen LogP contribution in [0.25, 0.3) is 0 Å². The second kappa shape index (κ2) is 11.1. The van der Waals surface area contributed by atoms with E-state index in [1.54, 1.807) is 6.92 Å². The number of imide groups is 2. The molecule has 0 fully saturated rings. The molecule has 0 aliphatic rings. The first-order chi connectivity index (χ1) is 10.8. The molecule has 0 aliphatic heterocycles. The second-order valence-corrected chi connectivity index (χ2v) is 5.61. The molecule has 10 heteroatoms. The molecule has 23 heavy (non-hydrogen) atoms. The summed E-state index contributed by atoms with van der Waals surface area (Å²) in [6.45, 7) is 3.48. The summed E-state index contributed by atoms with van der Waals surface area (Å²) >= 11 is 10.5. The molecular weight excluding hydrogens is 351 g/mol. The number of alkyl carbamates (subject to hydrolysis) is 2. The molecule has 2 N–H and O–H groups in total. The van der Waals surface area contributed by atoms with Crippen molar-refractivity contribution >= 4 is 47.2 Å². The van der Waals surface area contributed by atoms with Gasteiger partial charge in [-0.1, -0.05) is 20.3 Å². The van der Waals surface area contributed by atoms with Gasteiger partial charge in [0.2, 0.25) is 11.8 Å². The third kappa shape index (κ3) is 9.96. The number of carbonyl (C=O) groups is 4. The Balaban J connectivity index is 4.43. The van der Waals surface area contributed by atoms with Gasteiger partial charge in [-0.25, -0.2) is 9.59 Å². The van der Waals surface area contributed by atoms with Crippen molar-refractivity contribution in [3.8, 4) is 0 Å². The fourth-order valence-corrected chi connectivity index (χ4v) is 1.77. The minimum atomic E-state index is -0.931. The first kappa shape index (κ1) is 21.5. The van der Waals surface area contributed by atoms with Crippen LogP contribution in [0.15, 0.2) is 0 Å². The van der Waals surface area contributed by atoms with E-state index in [9.17, 15) is 19.2 Å². The van der Waals surface area contributed by atoms with Crippen molar-refractivity contribution in [2.75, 3.05) is 25.0 Å². The van der Waals surface area contributed by atoms with Crippen LogP contribution in [-0.2, 0) is 19.1 Å². The van der Waals surface area contributed by atoms with Gasteiger partial charge in [-0.15, -0.1) is 23.2 Å². The molecule has 0 unspecified atom stereocenters. The standard InChI is InChI=1S/C13H20Cl2N2O6/c1-3-4-13(2,7-22-11(20)16-9(18)5-14)8-23-12(21)17-10(19)6-15/h3-8H2,1-2H3,(H,16,18,20)(H,17,19,21). The maximum atomic E-state index is 11.4. The number of halogens is 2. The van der Waals surface area contributed by atoms with Crippen molar-refractivity contribution in [3.05, 3.63) is 0 Å². The summed E-state index contributed by atoms with van der Waals surface area (Å²) < 4.78 is 9.88. The summed E-state index contributed by atoms with van der Waals surface area (Å²) in [5.74, 6) is -2.08. The average Bonchev–Trinajstić information content (AvgIpc) is 2.51. The summed E-state index contributed by atoms with van der Waals surface area (Å²) in [5, 5.41) is 3.86. The van der Waals surface area contributed by atoms with Crippen LogP contribution in [0.3, 0.4) is 0 Å². The molecule has 0 aromatic carbocycles. The van der Waals surface area contributed by atoms with Crippen molar-refractivity contribution in [3.63, 3.8) is 0 Å². The van der Waals surface area contributed by atoms with Crippen molar-refractivity contribution in [1.29, 1.82) is 0 Å². The number of carbonyl (C=O) groups excluding carboxylic acids is 4. The molecule has 0 aromatic rings. The Bertz CT molecular complexity index is 410. The summed E-state index contributed by atoms with van der Waals surface area (Å²) in [6.07, 6.45) is -0.534. The maximum absolute atomic E-state index is 11.4. The van der Waals surface area contributed by atoms with E-state index in [1.807, 2.05) is 17.6 Å². The Morgan fingerprint density at radius 3 is 1.61 bits per heavy atom. The minimum absolute atomic E-state index is 0.0844. The number of ether oxygens (including phenoxy) is 2. The number of alkyl halides is 2. The zero-order valence-electron chi connectivity index (χ0n) is 12.9. The highest BCUT2D eigenvalue weighted by Crippen LogP contribution is 2.24. The fourth-order valence-electron chi connectivity index (χ4n) is 1.64. The van der Waals surface area contributed by atoms with Crippen LogP contribution in [0.2, 0.25) is 0 Å². The Morgan fingerprint density at radius 2 is 1.30 bits per heavy atom. The van der Waals surface area contributed by atoms with Gasteiger partial charge in [-0.3, -0.25) is 20.2 Å². The number of amides is 4. The highest BCUT2D eigenvalue weighted by Gasteiger charge is 2.28. The predicted molar refractivity (Wildman–Crippen MR) is 83.4 cm³/mol. The molecule has 0 spiro atoms. The van der Waals surface area contributed by atoms with Crippen LogP contribution in [-0.4, -0.2) is 49.0 Å². The van der Waals surface area contributed by atoms with E-state index in [0.717, 1.165) is 6.42 Å². The molecule has 0 bridgehead atoms. The molecule has 0 radical (unpaired) electrons. The van der Waals surface area contributed by atoms with Crippen molar-refractivity contribution in [2.45, 2.75) is 26.7 Å². The summed E-state index contributed by atoms with van der Waals surface area (Å²) in [5.41, 5.74) is -0.669. The van der Waals surface area contributed by atoms with Gasteiger partial charge >= 0.3 is 12.2 Å². The highest BCUT2D eigenvalue weighted by atomic mass is 35.5. The lowest BCUT2D eigenvalue weighted by atomic mass is 9.87. The average molecular weight is 371 g/mol.